The lowest BCUT2D eigenvalue weighted by Crippen LogP contribution is -2.50. The van der Waals surface area contributed by atoms with Gasteiger partial charge in [0.15, 0.2) is 5.82 Å². The van der Waals surface area contributed by atoms with Crippen molar-refractivity contribution in [2.75, 3.05) is 12.8 Å². The number of aromatic nitrogens is 3. The fraction of sp³-hybridized carbons (Fsp3) is 0.474. The molecule has 1 aromatic carbocycles. The summed E-state index contributed by atoms with van der Waals surface area (Å²) in [7, 11) is 1.72. The Hall–Kier alpha value is -2.24. The highest BCUT2D eigenvalue weighted by atomic mass is 35.5. The first-order chi connectivity index (χ1) is 13.5. The highest BCUT2D eigenvalue weighted by Crippen LogP contribution is 2.33. The lowest BCUT2D eigenvalue weighted by atomic mass is 9.81. The van der Waals surface area contributed by atoms with E-state index in [1.54, 1.807) is 36.2 Å². The molecule has 0 unspecified atom stereocenters. The predicted molar refractivity (Wildman–Crippen MR) is 107 cm³/mol. The number of nitriles is 1. The van der Waals surface area contributed by atoms with Gasteiger partial charge in [-0.15, -0.1) is 5.10 Å². The normalized spacial score (nSPS) is 15.6. The number of aromatic amines is 1. The topological polar surface area (TPSA) is 94.9 Å². The molecule has 0 atom stereocenters. The van der Waals surface area contributed by atoms with Crippen LogP contribution in [0.2, 0.25) is 5.02 Å². The SMILES string of the molecule is CN(C(=O)CSc1n[nH]c(COc2ccc(Cl)cc2)n1)C1(C#N)CCCCC1. The van der Waals surface area contributed by atoms with Crippen molar-refractivity contribution in [3.05, 3.63) is 35.1 Å². The molecule has 1 amide bonds. The standard InChI is InChI=1S/C19H22ClN5O2S/c1-25(19(13-21)9-3-2-4-10-19)17(26)12-28-18-22-16(23-24-18)11-27-15-7-5-14(20)6-8-15/h5-8H,2-4,9-12H2,1H3,(H,22,23,24). The van der Waals surface area contributed by atoms with Crippen molar-refractivity contribution in [3.63, 3.8) is 0 Å². The number of nitrogens with one attached hydrogen (secondary N) is 1. The maximum atomic E-state index is 12.6. The smallest absolute Gasteiger partial charge is 0.234 e. The fourth-order valence-electron chi connectivity index (χ4n) is 3.21. The van der Waals surface area contributed by atoms with Crippen LogP contribution < -0.4 is 4.74 Å². The van der Waals surface area contributed by atoms with Crippen LogP contribution in [-0.4, -0.2) is 44.3 Å². The van der Waals surface area contributed by atoms with Gasteiger partial charge in [-0.25, -0.2) is 4.98 Å². The molecule has 28 heavy (non-hydrogen) atoms. The number of thioether (sulfide) groups is 1. The van der Waals surface area contributed by atoms with E-state index in [-0.39, 0.29) is 18.3 Å². The molecule has 9 heteroatoms. The summed E-state index contributed by atoms with van der Waals surface area (Å²) >= 11 is 7.09. The van der Waals surface area contributed by atoms with Crippen molar-refractivity contribution in [3.8, 4) is 11.8 Å². The number of halogens is 1. The first-order valence-electron chi connectivity index (χ1n) is 9.13. The van der Waals surface area contributed by atoms with Crippen LogP contribution >= 0.6 is 23.4 Å². The van der Waals surface area contributed by atoms with Crippen LogP contribution in [0, 0.1) is 11.3 Å². The molecule has 1 saturated carbocycles. The number of rotatable bonds is 7. The van der Waals surface area contributed by atoms with Crippen molar-refractivity contribution in [2.24, 2.45) is 0 Å². The van der Waals surface area contributed by atoms with E-state index in [9.17, 15) is 10.1 Å². The third-order valence-electron chi connectivity index (χ3n) is 4.93. The third kappa shape index (κ3) is 4.97. The molecule has 0 spiro atoms. The zero-order valence-corrected chi connectivity index (χ0v) is 17.2. The molecular formula is C19H22ClN5O2S. The number of hydrogen-bond acceptors (Lipinski definition) is 6. The monoisotopic (exact) mass is 419 g/mol. The summed E-state index contributed by atoms with van der Waals surface area (Å²) in [6, 6.07) is 9.43. The van der Waals surface area contributed by atoms with Gasteiger partial charge in [0, 0.05) is 12.1 Å². The van der Waals surface area contributed by atoms with Crippen LogP contribution in [0.1, 0.15) is 37.9 Å². The molecule has 1 aliphatic carbocycles. The summed E-state index contributed by atoms with van der Waals surface area (Å²) in [4.78, 5) is 18.5. The maximum Gasteiger partial charge on any atom is 0.234 e. The molecule has 0 bridgehead atoms. The number of carbonyl (C=O) groups excluding carboxylic acids is 1. The molecular weight excluding hydrogens is 398 g/mol. The minimum atomic E-state index is -0.674. The first kappa shape index (κ1) is 20.5. The third-order valence-corrected chi connectivity index (χ3v) is 6.01. The molecule has 148 valence electrons. The minimum Gasteiger partial charge on any atom is -0.486 e. The first-order valence-corrected chi connectivity index (χ1v) is 10.5. The second kappa shape index (κ2) is 9.30. The van der Waals surface area contributed by atoms with E-state index < -0.39 is 5.54 Å². The Morgan fingerprint density at radius 1 is 1.36 bits per heavy atom. The van der Waals surface area contributed by atoms with Crippen LogP contribution in [0.15, 0.2) is 29.4 Å². The molecule has 0 saturated heterocycles. The molecule has 1 N–H and O–H groups in total. The molecule has 0 radical (unpaired) electrons. The van der Waals surface area contributed by atoms with E-state index in [1.807, 2.05) is 0 Å². The van der Waals surface area contributed by atoms with E-state index in [0.29, 0.717) is 21.8 Å². The zero-order chi connectivity index (χ0) is 20.0. The van der Waals surface area contributed by atoms with Gasteiger partial charge < -0.3 is 9.64 Å². The summed E-state index contributed by atoms with van der Waals surface area (Å²) < 4.78 is 5.62. The van der Waals surface area contributed by atoms with E-state index in [4.69, 9.17) is 16.3 Å². The second-order valence-corrected chi connectivity index (χ2v) is 8.13. The second-order valence-electron chi connectivity index (χ2n) is 6.75. The van der Waals surface area contributed by atoms with Gasteiger partial charge in [0.25, 0.3) is 0 Å². The van der Waals surface area contributed by atoms with Gasteiger partial charge in [-0.2, -0.15) is 5.26 Å². The molecule has 0 aliphatic heterocycles. The number of carbonyl (C=O) groups is 1. The van der Waals surface area contributed by atoms with E-state index in [2.05, 4.69) is 21.3 Å². The Balaban J connectivity index is 1.50. The lowest BCUT2D eigenvalue weighted by Gasteiger charge is -2.38. The Labute approximate surface area is 173 Å². The van der Waals surface area contributed by atoms with Crippen molar-refractivity contribution < 1.29 is 9.53 Å². The number of nitrogens with zero attached hydrogens (tertiary/aromatic N) is 4. The Kier molecular flexibility index (Phi) is 6.81. The van der Waals surface area contributed by atoms with Gasteiger partial charge >= 0.3 is 0 Å². The van der Waals surface area contributed by atoms with Crippen molar-refractivity contribution in [1.82, 2.24) is 20.1 Å². The van der Waals surface area contributed by atoms with Gasteiger partial charge in [0.1, 0.15) is 17.9 Å². The Morgan fingerprint density at radius 3 is 2.75 bits per heavy atom. The lowest BCUT2D eigenvalue weighted by molar-refractivity contribution is -0.131. The molecule has 1 aliphatic rings. The Morgan fingerprint density at radius 2 is 2.07 bits per heavy atom. The fourth-order valence-corrected chi connectivity index (χ4v) is 4.07. The molecule has 2 aromatic rings. The average molecular weight is 420 g/mol. The molecule has 3 rings (SSSR count). The molecule has 1 aromatic heterocycles. The minimum absolute atomic E-state index is 0.0859. The number of amides is 1. The van der Waals surface area contributed by atoms with Gasteiger partial charge in [-0.3, -0.25) is 9.89 Å². The summed E-state index contributed by atoms with van der Waals surface area (Å²) in [5.41, 5.74) is -0.674. The number of hydrogen-bond donors (Lipinski definition) is 1. The van der Waals surface area contributed by atoms with Crippen LogP contribution in [0.25, 0.3) is 0 Å². The van der Waals surface area contributed by atoms with Crippen molar-refractivity contribution in [2.45, 2.75) is 49.4 Å². The molecule has 1 fully saturated rings. The van der Waals surface area contributed by atoms with Crippen LogP contribution in [-0.2, 0) is 11.4 Å². The van der Waals surface area contributed by atoms with Crippen molar-refractivity contribution in [1.29, 1.82) is 5.26 Å². The highest BCUT2D eigenvalue weighted by molar-refractivity contribution is 7.99. The van der Waals surface area contributed by atoms with Crippen LogP contribution in [0.3, 0.4) is 0 Å². The number of benzene rings is 1. The summed E-state index contributed by atoms with van der Waals surface area (Å²) in [6.45, 7) is 0.237. The van der Waals surface area contributed by atoms with Gasteiger partial charge in [-0.1, -0.05) is 42.6 Å². The Bertz CT molecular complexity index is 843. The highest BCUT2D eigenvalue weighted by Gasteiger charge is 2.38. The van der Waals surface area contributed by atoms with Gasteiger partial charge in [0.05, 0.1) is 11.8 Å². The average Bonchev–Trinajstić information content (AvgIpc) is 3.19. The quantitative estimate of drug-likeness (QED) is 0.685. The van der Waals surface area contributed by atoms with E-state index in [1.165, 1.54) is 11.8 Å². The number of ether oxygens (including phenoxy) is 1. The van der Waals surface area contributed by atoms with Crippen LogP contribution in [0.5, 0.6) is 5.75 Å². The van der Waals surface area contributed by atoms with E-state index in [0.717, 1.165) is 32.1 Å². The van der Waals surface area contributed by atoms with Gasteiger partial charge in [-0.05, 0) is 37.1 Å². The maximum absolute atomic E-state index is 12.6. The van der Waals surface area contributed by atoms with Crippen molar-refractivity contribution >= 4 is 29.3 Å². The predicted octanol–water partition coefficient (Wildman–Crippen LogP) is 3.81. The largest absolute Gasteiger partial charge is 0.486 e. The number of H-pyrrole nitrogens is 1. The molecule has 7 nitrogen and oxygen atoms in total. The molecule has 1 heterocycles. The summed E-state index contributed by atoms with van der Waals surface area (Å²) in [6.07, 6.45) is 4.57. The summed E-state index contributed by atoms with van der Waals surface area (Å²) in [5.74, 6) is 1.35. The summed E-state index contributed by atoms with van der Waals surface area (Å²) in [5, 5.41) is 17.7. The zero-order valence-electron chi connectivity index (χ0n) is 15.7. The van der Waals surface area contributed by atoms with Gasteiger partial charge in [0.2, 0.25) is 11.1 Å². The van der Waals surface area contributed by atoms with E-state index >= 15 is 0 Å². The van der Waals surface area contributed by atoms with Crippen LogP contribution in [0.4, 0.5) is 0 Å².